The molecule has 0 bridgehead atoms. The Morgan fingerprint density at radius 2 is 1.33 bits per heavy atom. The van der Waals surface area contributed by atoms with E-state index in [4.69, 9.17) is 28.9 Å². The number of likely N-dealkylation sites (tertiary alicyclic amines) is 2. The summed E-state index contributed by atoms with van der Waals surface area (Å²) in [7, 11) is 0. The van der Waals surface area contributed by atoms with Crippen molar-refractivity contribution in [1.29, 1.82) is 0 Å². The lowest BCUT2D eigenvalue weighted by Crippen LogP contribution is -2.40. The second kappa shape index (κ2) is 25.6. The van der Waals surface area contributed by atoms with Gasteiger partial charge in [0.1, 0.15) is 29.5 Å². The van der Waals surface area contributed by atoms with Gasteiger partial charge in [0.15, 0.2) is 0 Å². The minimum atomic E-state index is -3.04. The van der Waals surface area contributed by atoms with Gasteiger partial charge in [0.25, 0.3) is 11.8 Å². The van der Waals surface area contributed by atoms with E-state index in [1.165, 1.54) is 28.7 Å². The van der Waals surface area contributed by atoms with E-state index in [-0.39, 0.29) is 101 Å². The van der Waals surface area contributed by atoms with E-state index in [0.717, 1.165) is 60.8 Å². The predicted molar refractivity (Wildman–Crippen MR) is 286 cm³/mol. The Hall–Kier alpha value is -5.31. The summed E-state index contributed by atoms with van der Waals surface area (Å²) in [6.07, 6.45) is 6.36. The first kappa shape index (κ1) is 56.9. The Balaban J connectivity index is 0.686. The van der Waals surface area contributed by atoms with Crippen molar-refractivity contribution < 1.29 is 60.7 Å². The number of rotatable bonds is 25. The molecule has 10 rings (SSSR count). The first-order valence-electron chi connectivity index (χ1n) is 28.6. The number of carbonyl (C=O) groups is 2. The zero-order chi connectivity index (χ0) is 55.1. The third-order valence-corrected chi connectivity index (χ3v) is 17.4. The summed E-state index contributed by atoms with van der Waals surface area (Å²) in [5.74, 6) is -9.31. The number of aryl methyl sites for hydroxylation is 4. The normalized spacial score (nSPS) is 24.4. The minimum absolute atomic E-state index is 0.0231. The van der Waals surface area contributed by atoms with E-state index in [9.17, 15) is 24.2 Å². The second-order valence-corrected chi connectivity index (χ2v) is 22.7. The third-order valence-electron chi connectivity index (χ3n) is 17.4. The van der Waals surface area contributed by atoms with Crippen molar-refractivity contribution in [3.63, 3.8) is 0 Å². The lowest BCUT2D eigenvalue weighted by Gasteiger charge is -2.33. The average molecular weight is 1100 g/mol. The van der Waals surface area contributed by atoms with E-state index in [0.29, 0.717) is 81.6 Å². The molecular formula is C60H75F5N6O8. The van der Waals surface area contributed by atoms with Crippen LogP contribution in [-0.4, -0.2) is 131 Å². The molecular weight excluding hydrogens is 1030 g/mol. The SMILES string of the molecule is O=C(O)[C@H](c1ccccc1CO[C@@H]1COCC1C1CCc2ccc(CCCCC(F)(F)[C@@H]3CCN([C@@H](C(=O)O)c4cc(F)ccc4CO[C@@H]4CCOC4)C3)nc2N1)N1CC[C@@H](C(F)(F)CCCCc2ccc3c(n2)NCCC3)C1. The number of alkyl halides is 4. The first-order valence-corrected chi connectivity index (χ1v) is 28.6. The number of aromatic nitrogens is 2. The molecule has 0 amide bonds. The zero-order valence-corrected chi connectivity index (χ0v) is 44.9. The van der Waals surface area contributed by atoms with Crippen LogP contribution in [0.5, 0.6) is 0 Å². The van der Waals surface area contributed by atoms with Crippen molar-refractivity contribution in [3.05, 3.63) is 117 Å². The molecule has 2 aromatic heterocycles. The van der Waals surface area contributed by atoms with Crippen LogP contribution < -0.4 is 10.6 Å². The molecule has 19 heteroatoms. The number of hydrogen-bond donors (Lipinski definition) is 4. The van der Waals surface area contributed by atoms with Crippen LogP contribution in [0.1, 0.15) is 127 Å². The van der Waals surface area contributed by atoms with Crippen molar-refractivity contribution in [2.45, 2.75) is 152 Å². The molecule has 428 valence electrons. The molecule has 4 saturated heterocycles. The van der Waals surface area contributed by atoms with E-state index in [1.54, 1.807) is 17.0 Å². The number of fused-ring (bicyclic) bond motifs is 2. The minimum Gasteiger partial charge on any atom is -0.480 e. The molecule has 2 aromatic carbocycles. The van der Waals surface area contributed by atoms with Crippen LogP contribution in [0, 0.1) is 23.6 Å². The van der Waals surface area contributed by atoms with Crippen LogP contribution in [0.15, 0.2) is 66.7 Å². The summed E-state index contributed by atoms with van der Waals surface area (Å²) < 4.78 is 102. The zero-order valence-electron chi connectivity index (χ0n) is 44.9. The molecule has 4 N–H and O–H groups in total. The summed E-state index contributed by atoms with van der Waals surface area (Å²) in [6.45, 7) is 3.08. The van der Waals surface area contributed by atoms with Gasteiger partial charge in [-0.25, -0.2) is 31.9 Å². The van der Waals surface area contributed by atoms with Crippen LogP contribution in [0.25, 0.3) is 0 Å². The van der Waals surface area contributed by atoms with Gasteiger partial charge in [0.2, 0.25) is 0 Å². The maximum Gasteiger partial charge on any atom is 0.325 e. The Morgan fingerprint density at radius 3 is 2.00 bits per heavy atom. The van der Waals surface area contributed by atoms with Gasteiger partial charge < -0.3 is 39.8 Å². The van der Waals surface area contributed by atoms with Gasteiger partial charge in [0.05, 0.1) is 45.2 Å². The quantitative estimate of drug-likeness (QED) is 0.0366. The summed E-state index contributed by atoms with van der Waals surface area (Å²) in [4.78, 5) is 38.5. The molecule has 2 unspecified atom stereocenters. The van der Waals surface area contributed by atoms with Crippen molar-refractivity contribution in [3.8, 4) is 0 Å². The number of carboxylic acid groups (broad SMARTS) is 2. The van der Waals surface area contributed by atoms with Crippen molar-refractivity contribution in [1.82, 2.24) is 19.8 Å². The summed E-state index contributed by atoms with van der Waals surface area (Å²) in [5, 5.41) is 27.9. The van der Waals surface area contributed by atoms with Gasteiger partial charge in [-0.2, -0.15) is 0 Å². The Labute approximate surface area is 459 Å². The third kappa shape index (κ3) is 13.9. The van der Waals surface area contributed by atoms with Gasteiger partial charge in [-0.15, -0.1) is 0 Å². The van der Waals surface area contributed by atoms with Gasteiger partial charge >= 0.3 is 11.9 Å². The summed E-state index contributed by atoms with van der Waals surface area (Å²) in [5.41, 5.74) is 5.84. The lowest BCUT2D eigenvalue weighted by molar-refractivity contribution is -0.144. The number of pyridine rings is 2. The molecule has 0 radical (unpaired) electrons. The fourth-order valence-electron chi connectivity index (χ4n) is 12.9. The number of halogens is 5. The van der Waals surface area contributed by atoms with Crippen LogP contribution in [-0.2, 0) is 67.4 Å². The van der Waals surface area contributed by atoms with E-state index in [1.807, 2.05) is 30.3 Å². The lowest BCUT2D eigenvalue weighted by atomic mass is 9.88. The number of ether oxygens (including phenoxy) is 4. The maximum absolute atomic E-state index is 15.9. The summed E-state index contributed by atoms with van der Waals surface area (Å²) >= 11 is 0. The number of anilines is 2. The molecule has 0 saturated carbocycles. The highest BCUT2D eigenvalue weighted by Gasteiger charge is 2.48. The highest BCUT2D eigenvalue weighted by molar-refractivity contribution is 5.77. The molecule has 8 heterocycles. The number of nitrogens with one attached hydrogen (secondary N) is 2. The topological polar surface area (TPSA) is 168 Å². The Bertz CT molecular complexity index is 2730. The highest BCUT2D eigenvalue weighted by atomic mass is 19.3. The van der Waals surface area contributed by atoms with Crippen molar-refractivity contribution in [2.24, 2.45) is 17.8 Å². The molecule has 4 fully saturated rings. The predicted octanol–water partition coefficient (Wildman–Crippen LogP) is 10.2. The van der Waals surface area contributed by atoms with E-state index >= 15 is 17.6 Å². The standard InChI is InChI=1S/C60H75F5N6O8/c61-44-17-13-41(33-78-47-23-29-76-35-47)49(30-44)54(58(74)75)71-28-22-43(32-71)60(64,65)25-6-4-11-46-19-15-39-16-20-51(69-56(39)68-46)50-36-77-37-52(50)79-34-40-8-1-2-12-48(40)53(57(72)73)70-27-21-42(31-70)59(62,63)24-5-3-10-45-18-14-38-9-7-26-66-55(38)67-45/h1-2,8,12-15,17-19,30,42-43,47,50-54H,3-7,9-11,16,20-29,31-37H2,(H,66,67)(H,68,69)(H,72,73)(H,74,75)/t42-,43-,47-,50?,51?,52-,53+,54-/m1/s1. The number of unbranched alkanes of at least 4 members (excludes halogenated alkanes) is 2. The molecule has 6 aliphatic heterocycles. The average Bonchev–Trinajstić information content (AvgIpc) is 4.36. The molecule has 0 spiro atoms. The van der Waals surface area contributed by atoms with Crippen molar-refractivity contribution in [2.75, 3.05) is 69.8 Å². The van der Waals surface area contributed by atoms with Crippen LogP contribution in [0.4, 0.5) is 33.6 Å². The fourth-order valence-corrected chi connectivity index (χ4v) is 12.9. The molecule has 8 atom stereocenters. The van der Waals surface area contributed by atoms with Gasteiger partial charge in [-0.3, -0.25) is 19.4 Å². The smallest absolute Gasteiger partial charge is 0.325 e. The number of nitrogens with zero attached hydrogens (tertiary/aromatic N) is 4. The molecule has 4 aromatic rings. The first-order chi connectivity index (χ1) is 38.2. The largest absolute Gasteiger partial charge is 0.480 e. The second-order valence-electron chi connectivity index (χ2n) is 22.7. The van der Waals surface area contributed by atoms with Crippen LogP contribution in [0.2, 0.25) is 0 Å². The van der Waals surface area contributed by atoms with Crippen LogP contribution in [0.3, 0.4) is 0 Å². The van der Waals surface area contributed by atoms with Gasteiger partial charge in [-0.05, 0) is 154 Å². The summed E-state index contributed by atoms with van der Waals surface area (Å²) in [6, 6.07) is 16.7. The molecule has 6 aliphatic rings. The van der Waals surface area contributed by atoms with E-state index < -0.39 is 53.5 Å². The molecule has 14 nitrogen and oxygen atoms in total. The van der Waals surface area contributed by atoms with E-state index in [2.05, 4.69) is 16.7 Å². The Kier molecular flexibility index (Phi) is 18.5. The monoisotopic (exact) mass is 1100 g/mol. The maximum atomic E-state index is 15.9. The molecule has 0 aliphatic carbocycles. The number of carboxylic acids is 2. The Morgan fingerprint density at radius 1 is 0.696 bits per heavy atom. The van der Waals surface area contributed by atoms with Gasteiger partial charge in [0, 0.05) is 74.3 Å². The van der Waals surface area contributed by atoms with Gasteiger partial charge in [-0.1, -0.05) is 42.5 Å². The number of benzene rings is 2. The number of aliphatic carboxylic acids is 2. The van der Waals surface area contributed by atoms with Crippen molar-refractivity contribution >= 4 is 23.6 Å². The number of hydrogen-bond acceptors (Lipinski definition) is 12. The fraction of sp³-hybridized carbons (Fsp3) is 0.600. The van der Waals surface area contributed by atoms with Crippen LogP contribution >= 0.6 is 0 Å². The highest BCUT2D eigenvalue weighted by Crippen LogP contribution is 2.42. The molecule has 79 heavy (non-hydrogen) atoms.